The van der Waals surface area contributed by atoms with Gasteiger partial charge in [0.1, 0.15) is 5.75 Å². The van der Waals surface area contributed by atoms with E-state index in [0.717, 1.165) is 22.3 Å². The lowest BCUT2D eigenvalue weighted by atomic mass is 9.86. The number of nitrogens with two attached hydrogens (primary N) is 2. The summed E-state index contributed by atoms with van der Waals surface area (Å²) < 4.78 is 5.47. The Morgan fingerprint density at radius 2 is 1.91 bits per heavy atom. The number of aliphatic imine (C=N–C) groups is 1. The van der Waals surface area contributed by atoms with Crippen LogP contribution >= 0.6 is 0 Å². The topological polar surface area (TPSA) is 85.7 Å². The van der Waals surface area contributed by atoms with Gasteiger partial charge in [-0.05, 0) is 18.6 Å². The SMILES string of the molecule is COc1ccccc1C1(N)N=C(N)NC=C1c1cccc(C)c1. The summed E-state index contributed by atoms with van der Waals surface area (Å²) in [6.07, 6.45) is 1.81. The standard InChI is InChI=1S/C18H20N4O/c1-12-6-5-7-13(10-12)15-11-21-17(19)22-18(15,20)14-8-3-4-9-16(14)23-2/h3-11H,20H2,1-2H3,(H3,19,21,22). The Hall–Kier alpha value is -2.79. The van der Waals surface area contributed by atoms with Crippen LogP contribution in [0.3, 0.4) is 0 Å². The smallest absolute Gasteiger partial charge is 0.195 e. The molecule has 0 fully saturated rings. The second kappa shape index (κ2) is 5.78. The average molecular weight is 308 g/mol. The number of benzene rings is 2. The fraction of sp³-hybridized carbons (Fsp3) is 0.167. The first-order valence-electron chi connectivity index (χ1n) is 7.36. The molecule has 2 aromatic carbocycles. The highest BCUT2D eigenvalue weighted by Gasteiger charge is 2.37. The first-order chi connectivity index (χ1) is 11.0. The summed E-state index contributed by atoms with van der Waals surface area (Å²) in [5.74, 6) is 0.946. The van der Waals surface area contributed by atoms with Crippen LogP contribution in [-0.4, -0.2) is 13.1 Å². The zero-order chi connectivity index (χ0) is 16.4. The van der Waals surface area contributed by atoms with E-state index in [-0.39, 0.29) is 5.96 Å². The first kappa shape index (κ1) is 15.1. The molecule has 1 heterocycles. The van der Waals surface area contributed by atoms with Gasteiger partial charge in [0.25, 0.3) is 0 Å². The van der Waals surface area contributed by atoms with Gasteiger partial charge in [-0.3, -0.25) is 5.73 Å². The van der Waals surface area contributed by atoms with Gasteiger partial charge in [0.05, 0.1) is 7.11 Å². The summed E-state index contributed by atoms with van der Waals surface area (Å²) in [5.41, 5.74) is 15.2. The van der Waals surface area contributed by atoms with E-state index in [2.05, 4.69) is 16.4 Å². The third-order valence-electron chi connectivity index (χ3n) is 3.92. The molecule has 0 bridgehead atoms. The van der Waals surface area contributed by atoms with E-state index >= 15 is 0 Å². The van der Waals surface area contributed by atoms with Crippen molar-refractivity contribution >= 4 is 11.5 Å². The van der Waals surface area contributed by atoms with Crippen molar-refractivity contribution in [3.8, 4) is 5.75 Å². The van der Waals surface area contributed by atoms with Gasteiger partial charge >= 0.3 is 0 Å². The van der Waals surface area contributed by atoms with Crippen LogP contribution in [0.15, 0.2) is 59.7 Å². The maximum atomic E-state index is 6.72. The summed E-state index contributed by atoms with van der Waals surface area (Å²) in [7, 11) is 1.62. The van der Waals surface area contributed by atoms with E-state index < -0.39 is 5.66 Å². The maximum absolute atomic E-state index is 6.72. The quantitative estimate of drug-likeness (QED) is 0.810. The lowest BCUT2D eigenvalue weighted by Crippen LogP contribution is -2.45. The minimum absolute atomic E-state index is 0.273. The predicted molar refractivity (Wildman–Crippen MR) is 92.8 cm³/mol. The molecule has 1 atom stereocenters. The summed E-state index contributed by atoms with van der Waals surface area (Å²) in [6, 6.07) is 15.7. The van der Waals surface area contributed by atoms with Crippen LogP contribution < -0.4 is 21.5 Å². The molecule has 3 rings (SSSR count). The van der Waals surface area contributed by atoms with E-state index in [9.17, 15) is 0 Å². The van der Waals surface area contributed by atoms with Crippen LogP contribution in [0.2, 0.25) is 0 Å². The molecule has 5 heteroatoms. The maximum Gasteiger partial charge on any atom is 0.195 e. The van der Waals surface area contributed by atoms with Crippen LogP contribution in [0.25, 0.3) is 5.57 Å². The van der Waals surface area contributed by atoms with Crippen molar-refractivity contribution in [1.82, 2.24) is 5.32 Å². The van der Waals surface area contributed by atoms with Crippen LogP contribution in [0, 0.1) is 6.92 Å². The van der Waals surface area contributed by atoms with Crippen molar-refractivity contribution in [2.75, 3.05) is 7.11 Å². The summed E-state index contributed by atoms with van der Waals surface area (Å²) in [6.45, 7) is 2.04. The summed E-state index contributed by atoms with van der Waals surface area (Å²) in [5, 5.41) is 2.96. The molecule has 0 spiro atoms. The van der Waals surface area contributed by atoms with Gasteiger partial charge < -0.3 is 15.8 Å². The molecule has 5 N–H and O–H groups in total. The van der Waals surface area contributed by atoms with Gasteiger partial charge in [0.2, 0.25) is 0 Å². The Morgan fingerprint density at radius 3 is 2.65 bits per heavy atom. The Bertz CT molecular complexity index is 797. The molecule has 0 saturated heterocycles. The lowest BCUT2D eigenvalue weighted by molar-refractivity contribution is 0.399. The number of nitrogens with one attached hydrogen (secondary N) is 1. The van der Waals surface area contributed by atoms with E-state index in [1.165, 1.54) is 0 Å². The number of hydrogen-bond donors (Lipinski definition) is 3. The number of aryl methyl sites for hydroxylation is 1. The molecule has 0 saturated carbocycles. The number of guanidine groups is 1. The van der Waals surface area contributed by atoms with Gasteiger partial charge in [0, 0.05) is 17.3 Å². The number of ether oxygens (including phenoxy) is 1. The van der Waals surface area contributed by atoms with Crippen molar-refractivity contribution in [1.29, 1.82) is 0 Å². The number of methoxy groups -OCH3 is 1. The fourth-order valence-corrected chi connectivity index (χ4v) is 2.82. The molecule has 23 heavy (non-hydrogen) atoms. The zero-order valence-corrected chi connectivity index (χ0v) is 13.2. The Morgan fingerprint density at radius 1 is 1.13 bits per heavy atom. The van der Waals surface area contributed by atoms with E-state index in [1.54, 1.807) is 7.11 Å². The molecule has 0 aliphatic carbocycles. The van der Waals surface area contributed by atoms with Crippen LogP contribution in [-0.2, 0) is 5.66 Å². The molecule has 0 radical (unpaired) electrons. The highest BCUT2D eigenvalue weighted by Crippen LogP contribution is 2.40. The number of rotatable bonds is 3. The molecule has 5 nitrogen and oxygen atoms in total. The zero-order valence-electron chi connectivity index (χ0n) is 13.2. The molecular weight excluding hydrogens is 288 g/mol. The van der Waals surface area contributed by atoms with Crippen molar-refractivity contribution in [3.63, 3.8) is 0 Å². The number of nitrogens with zero attached hydrogens (tertiary/aromatic N) is 1. The number of para-hydroxylation sites is 1. The van der Waals surface area contributed by atoms with Crippen molar-refractivity contribution in [2.45, 2.75) is 12.6 Å². The monoisotopic (exact) mass is 308 g/mol. The van der Waals surface area contributed by atoms with Gasteiger partial charge in [-0.1, -0.05) is 48.0 Å². The Labute approximate surface area is 135 Å². The average Bonchev–Trinajstić information content (AvgIpc) is 2.54. The second-order valence-electron chi connectivity index (χ2n) is 5.54. The largest absolute Gasteiger partial charge is 0.496 e. The molecule has 1 unspecified atom stereocenters. The molecular formula is C18H20N4O. The lowest BCUT2D eigenvalue weighted by Gasteiger charge is -2.33. The highest BCUT2D eigenvalue weighted by molar-refractivity contribution is 5.88. The highest BCUT2D eigenvalue weighted by atomic mass is 16.5. The molecule has 0 aromatic heterocycles. The van der Waals surface area contributed by atoms with Crippen molar-refractivity contribution < 1.29 is 4.74 Å². The Balaban J connectivity index is 2.19. The van der Waals surface area contributed by atoms with Crippen molar-refractivity contribution in [3.05, 3.63) is 71.4 Å². The third-order valence-corrected chi connectivity index (χ3v) is 3.92. The summed E-state index contributed by atoms with van der Waals surface area (Å²) in [4.78, 5) is 4.49. The van der Waals surface area contributed by atoms with E-state index in [4.69, 9.17) is 16.2 Å². The third kappa shape index (κ3) is 2.66. The molecule has 0 amide bonds. The van der Waals surface area contributed by atoms with Crippen molar-refractivity contribution in [2.24, 2.45) is 16.5 Å². The molecule has 118 valence electrons. The van der Waals surface area contributed by atoms with E-state index in [1.807, 2.05) is 55.6 Å². The number of hydrogen-bond acceptors (Lipinski definition) is 5. The second-order valence-corrected chi connectivity index (χ2v) is 5.54. The predicted octanol–water partition coefficient (Wildman–Crippen LogP) is 2.07. The molecule has 2 aromatic rings. The first-order valence-corrected chi connectivity index (χ1v) is 7.36. The molecule has 1 aliphatic heterocycles. The Kier molecular flexibility index (Phi) is 3.80. The fourth-order valence-electron chi connectivity index (χ4n) is 2.82. The molecule has 1 aliphatic rings. The van der Waals surface area contributed by atoms with Crippen LogP contribution in [0.4, 0.5) is 0 Å². The van der Waals surface area contributed by atoms with Gasteiger partial charge in [0.15, 0.2) is 11.6 Å². The van der Waals surface area contributed by atoms with Gasteiger partial charge in [-0.15, -0.1) is 0 Å². The van der Waals surface area contributed by atoms with E-state index in [0.29, 0.717) is 5.75 Å². The minimum atomic E-state index is -1.12. The van der Waals surface area contributed by atoms with Gasteiger partial charge in [-0.25, -0.2) is 4.99 Å². The normalized spacial score (nSPS) is 20.3. The van der Waals surface area contributed by atoms with Crippen LogP contribution in [0.1, 0.15) is 16.7 Å². The minimum Gasteiger partial charge on any atom is -0.496 e. The summed E-state index contributed by atoms with van der Waals surface area (Å²) >= 11 is 0. The van der Waals surface area contributed by atoms with Gasteiger partial charge in [-0.2, -0.15) is 0 Å². The van der Waals surface area contributed by atoms with Crippen LogP contribution in [0.5, 0.6) is 5.75 Å².